The van der Waals surface area contributed by atoms with Crippen LogP contribution < -0.4 is 10.5 Å². The summed E-state index contributed by atoms with van der Waals surface area (Å²) in [6, 6.07) is 7.01. The Balaban J connectivity index is 2.79. The number of hydrogen-bond donors (Lipinski definition) is 2. The third-order valence-corrected chi connectivity index (χ3v) is 4.12. The van der Waals surface area contributed by atoms with Crippen molar-refractivity contribution in [1.82, 2.24) is 0 Å². The van der Waals surface area contributed by atoms with E-state index in [1.807, 2.05) is 0 Å². The first kappa shape index (κ1) is 13.9. The highest BCUT2D eigenvalue weighted by Gasteiger charge is 2.15. The van der Waals surface area contributed by atoms with Crippen LogP contribution in [0.15, 0.2) is 24.3 Å². The van der Waals surface area contributed by atoms with Gasteiger partial charge < -0.3 is 5.73 Å². The van der Waals surface area contributed by atoms with E-state index >= 15 is 0 Å². The fraction of sp³-hybridized carbons (Fsp3) is 0.364. The molecule has 0 heterocycles. The van der Waals surface area contributed by atoms with E-state index in [4.69, 9.17) is 18.0 Å². The number of thiocarbonyl (C=S) groups is 1. The largest absolute Gasteiger partial charge is 0.393 e. The molecule has 0 aliphatic carbocycles. The van der Waals surface area contributed by atoms with Gasteiger partial charge in [0.05, 0.1) is 10.2 Å². The Morgan fingerprint density at radius 1 is 1.35 bits per heavy atom. The van der Waals surface area contributed by atoms with Crippen LogP contribution in [0.3, 0.4) is 0 Å². The van der Waals surface area contributed by atoms with Crippen LogP contribution in [0.1, 0.15) is 19.4 Å². The second-order valence-corrected chi connectivity index (χ2v) is 6.80. The van der Waals surface area contributed by atoms with E-state index < -0.39 is 15.3 Å². The minimum absolute atomic E-state index is 0.417. The van der Waals surface area contributed by atoms with E-state index in [1.54, 1.807) is 38.1 Å². The molecule has 0 aliphatic rings. The van der Waals surface area contributed by atoms with Crippen LogP contribution in [0, 0.1) is 0 Å². The predicted octanol–water partition coefficient (Wildman–Crippen LogP) is 1.67. The topological polar surface area (TPSA) is 72.2 Å². The molecule has 4 nitrogen and oxygen atoms in total. The highest BCUT2D eigenvalue weighted by Crippen LogP contribution is 2.13. The fourth-order valence-electron chi connectivity index (χ4n) is 1.17. The Bertz CT molecular complexity index is 493. The number of hydrogen-bond acceptors (Lipinski definition) is 3. The maximum atomic E-state index is 11.6. The smallest absolute Gasteiger partial charge is 0.235 e. The SMILES string of the molecule is CC(C)S(=O)(=O)Nc1ccc(CC(N)=S)cc1. The molecule has 0 atom stereocenters. The molecular weight excluding hydrogens is 256 g/mol. The summed E-state index contributed by atoms with van der Waals surface area (Å²) in [7, 11) is -3.29. The molecule has 0 unspecified atom stereocenters. The lowest BCUT2D eigenvalue weighted by Gasteiger charge is -2.11. The molecule has 0 spiro atoms. The highest BCUT2D eigenvalue weighted by atomic mass is 32.2. The number of benzene rings is 1. The van der Waals surface area contributed by atoms with Gasteiger partial charge in [-0.2, -0.15) is 0 Å². The lowest BCUT2D eigenvalue weighted by atomic mass is 10.1. The van der Waals surface area contributed by atoms with Crippen molar-refractivity contribution >= 4 is 32.9 Å². The van der Waals surface area contributed by atoms with E-state index in [2.05, 4.69) is 4.72 Å². The van der Waals surface area contributed by atoms with Gasteiger partial charge >= 0.3 is 0 Å². The van der Waals surface area contributed by atoms with Gasteiger partial charge in [0.2, 0.25) is 10.0 Å². The molecule has 94 valence electrons. The number of nitrogens with two attached hydrogens (primary N) is 1. The van der Waals surface area contributed by atoms with Gasteiger partial charge in [0.1, 0.15) is 0 Å². The van der Waals surface area contributed by atoms with Crippen molar-refractivity contribution in [1.29, 1.82) is 0 Å². The maximum absolute atomic E-state index is 11.6. The summed E-state index contributed by atoms with van der Waals surface area (Å²) in [4.78, 5) is 0.417. The molecule has 0 saturated heterocycles. The van der Waals surface area contributed by atoms with Crippen LogP contribution in [0.4, 0.5) is 5.69 Å². The summed E-state index contributed by atoms with van der Waals surface area (Å²) in [5.74, 6) is 0. The fourth-order valence-corrected chi connectivity index (χ4v) is 2.04. The molecule has 0 saturated carbocycles. The van der Waals surface area contributed by atoms with E-state index in [0.29, 0.717) is 17.1 Å². The van der Waals surface area contributed by atoms with Crippen molar-refractivity contribution in [3.63, 3.8) is 0 Å². The molecule has 6 heteroatoms. The molecule has 0 fully saturated rings. The summed E-state index contributed by atoms with van der Waals surface area (Å²) in [6.45, 7) is 3.26. The average molecular weight is 272 g/mol. The monoisotopic (exact) mass is 272 g/mol. The van der Waals surface area contributed by atoms with Gasteiger partial charge in [-0.15, -0.1) is 0 Å². The zero-order valence-electron chi connectivity index (χ0n) is 9.80. The van der Waals surface area contributed by atoms with Gasteiger partial charge in [-0.3, -0.25) is 4.72 Å². The molecule has 0 aliphatic heterocycles. The first-order valence-corrected chi connectivity index (χ1v) is 7.15. The minimum Gasteiger partial charge on any atom is -0.393 e. The van der Waals surface area contributed by atoms with Gasteiger partial charge in [-0.1, -0.05) is 24.4 Å². The molecule has 1 aromatic carbocycles. The van der Waals surface area contributed by atoms with Crippen molar-refractivity contribution in [2.24, 2.45) is 5.73 Å². The molecule has 1 rings (SSSR count). The number of anilines is 1. The van der Waals surface area contributed by atoms with Crippen molar-refractivity contribution in [2.75, 3.05) is 4.72 Å². The second kappa shape index (κ2) is 5.46. The number of nitrogens with one attached hydrogen (secondary N) is 1. The van der Waals surface area contributed by atoms with Gasteiger partial charge in [-0.05, 0) is 31.5 Å². The zero-order chi connectivity index (χ0) is 13.1. The van der Waals surface area contributed by atoms with E-state index in [9.17, 15) is 8.42 Å². The number of rotatable bonds is 5. The van der Waals surface area contributed by atoms with Gasteiger partial charge in [0, 0.05) is 12.1 Å². The Labute approximate surface area is 107 Å². The Morgan fingerprint density at radius 3 is 2.29 bits per heavy atom. The van der Waals surface area contributed by atoms with Crippen molar-refractivity contribution in [3.05, 3.63) is 29.8 Å². The van der Waals surface area contributed by atoms with Crippen molar-refractivity contribution in [3.8, 4) is 0 Å². The summed E-state index contributed by atoms with van der Waals surface area (Å²) in [5.41, 5.74) is 6.93. The Hall–Kier alpha value is -1.14. The molecule has 3 N–H and O–H groups in total. The van der Waals surface area contributed by atoms with Crippen molar-refractivity contribution in [2.45, 2.75) is 25.5 Å². The molecule has 17 heavy (non-hydrogen) atoms. The lowest BCUT2D eigenvalue weighted by molar-refractivity contribution is 0.593. The summed E-state index contributed by atoms with van der Waals surface area (Å²) in [5, 5.41) is -0.459. The zero-order valence-corrected chi connectivity index (χ0v) is 11.4. The quantitative estimate of drug-likeness (QED) is 0.800. The maximum Gasteiger partial charge on any atom is 0.235 e. The first-order valence-electron chi connectivity index (χ1n) is 5.20. The van der Waals surface area contributed by atoms with Crippen LogP contribution in [0.25, 0.3) is 0 Å². The second-order valence-electron chi connectivity index (χ2n) is 4.04. The van der Waals surface area contributed by atoms with Gasteiger partial charge in [0.15, 0.2) is 0 Å². The van der Waals surface area contributed by atoms with Crippen LogP contribution >= 0.6 is 12.2 Å². The van der Waals surface area contributed by atoms with Gasteiger partial charge in [0.25, 0.3) is 0 Å². The summed E-state index contributed by atoms with van der Waals surface area (Å²) in [6.07, 6.45) is 0.520. The van der Waals surface area contributed by atoms with Crippen LogP contribution in [0.2, 0.25) is 0 Å². The first-order chi connectivity index (χ1) is 7.81. The van der Waals surface area contributed by atoms with Crippen LogP contribution in [-0.4, -0.2) is 18.7 Å². The normalized spacial score (nSPS) is 11.5. The number of sulfonamides is 1. The predicted molar refractivity (Wildman–Crippen MR) is 74.6 cm³/mol. The molecule has 0 radical (unpaired) electrons. The van der Waals surface area contributed by atoms with Gasteiger partial charge in [-0.25, -0.2) is 8.42 Å². The van der Waals surface area contributed by atoms with Crippen LogP contribution in [0.5, 0.6) is 0 Å². The minimum atomic E-state index is -3.29. The average Bonchev–Trinajstić information content (AvgIpc) is 2.19. The lowest BCUT2D eigenvalue weighted by Crippen LogP contribution is -2.22. The van der Waals surface area contributed by atoms with Crippen LogP contribution in [-0.2, 0) is 16.4 Å². The molecule has 1 aromatic rings. The third kappa shape index (κ3) is 4.32. The van der Waals surface area contributed by atoms with E-state index in [0.717, 1.165) is 5.56 Å². The highest BCUT2D eigenvalue weighted by molar-refractivity contribution is 7.93. The standard InChI is InChI=1S/C11H16N2O2S2/c1-8(2)17(14,15)13-10-5-3-9(4-6-10)7-11(12)16/h3-6,8,13H,7H2,1-2H3,(H2,12,16). The summed E-state index contributed by atoms with van der Waals surface area (Å²) < 4.78 is 25.7. The molecular formula is C11H16N2O2S2. The summed E-state index contributed by atoms with van der Waals surface area (Å²) >= 11 is 4.80. The molecule has 0 amide bonds. The van der Waals surface area contributed by atoms with E-state index in [-0.39, 0.29) is 0 Å². The molecule has 0 bridgehead atoms. The van der Waals surface area contributed by atoms with Crippen molar-refractivity contribution < 1.29 is 8.42 Å². The Kier molecular flexibility index (Phi) is 4.47. The molecule has 0 aromatic heterocycles. The third-order valence-electron chi connectivity index (χ3n) is 2.21. The Morgan fingerprint density at radius 2 is 1.88 bits per heavy atom. The van der Waals surface area contributed by atoms with E-state index in [1.165, 1.54) is 0 Å².